The lowest BCUT2D eigenvalue weighted by molar-refractivity contribution is -0.129. The number of aliphatic imine (C=N–C) groups is 1. The number of hydrogen-bond acceptors (Lipinski definition) is 4. The van der Waals surface area contributed by atoms with Crippen molar-refractivity contribution in [1.29, 1.82) is 0 Å². The summed E-state index contributed by atoms with van der Waals surface area (Å²) in [4.78, 5) is 26.9. The highest BCUT2D eigenvalue weighted by atomic mass is 35.5. The summed E-state index contributed by atoms with van der Waals surface area (Å²) in [6.07, 6.45) is 1.53. The lowest BCUT2D eigenvalue weighted by Crippen LogP contribution is -2.05. The summed E-state index contributed by atoms with van der Waals surface area (Å²) in [6, 6.07) is 13.0. The molecule has 3 rings (SSSR count). The van der Waals surface area contributed by atoms with Crippen LogP contribution in [0.15, 0.2) is 59.2 Å². The molecule has 1 aliphatic rings. The largest absolute Gasteiger partial charge is 0.478 e. The van der Waals surface area contributed by atoms with E-state index in [9.17, 15) is 9.59 Å². The summed E-state index contributed by atoms with van der Waals surface area (Å²) >= 11 is 6.06. The standard InChI is InChI=1S/C17H10ClNO4/c18-13-4-2-1-3-12(13)15-19-14(17(22)23-15)9-10-5-7-11(8-6-10)16(20)21/h1-9H,(H,20,21). The Kier molecular flexibility index (Phi) is 3.95. The Balaban J connectivity index is 1.92. The lowest BCUT2D eigenvalue weighted by Gasteiger charge is -2.00. The van der Waals surface area contributed by atoms with Crippen LogP contribution in [0.5, 0.6) is 0 Å². The van der Waals surface area contributed by atoms with Crippen molar-refractivity contribution < 1.29 is 19.4 Å². The van der Waals surface area contributed by atoms with Gasteiger partial charge < -0.3 is 9.84 Å². The van der Waals surface area contributed by atoms with Crippen LogP contribution in [-0.2, 0) is 9.53 Å². The Morgan fingerprint density at radius 1 is 1.13 bits per heavy atom. The van der Waals surface area contributed by atoms with E-state index in [-0.39, 0.29) is 17.2 Å². The first-order valence-corrected chi connectivity index (χ1v) is 7.03. The lowest BCUT2D eigenvalue weighted by atomic mass is 10.1. The molecule has 114 valence electrons. The Hall–Kier alpha value is -2.92. The third kappa shape index (κ3) is 3.14. The Morgan fingerprint density at radius 3 is 2.48 bits per heavy atom. The average molecular weight is 328 g/mol. The number of rotatable bonds is 3. The van der Waals surface area contributed by atoms with Crippen LogP contribution in [0.3, 0.4) is 0 Å². The van der Waals surface area contributed by atoms with Gasteiger partial charge in [0.15, 0.2) is 5.70 Å². The zero-order valence-corrected chi connectivity index (χ0v) is 12.4. The molecule has 2 aromatic rings. The predicted molar refractivity (Wildman–Crippen MR) is 85.5 cm³/mol. The van der Waals surface area contributed by atoms with Crippen LogP contribution in [-0.4, -0.2) is 22.9 Å². The van der Waals surface area contributed by atoms with Gasteiger partial charge in [0.25, 0.3) is 0 Å². The highest BCUT2D eigenvalue weighted by Crippen LogP contribution is 2.23. The molecule has 0 spiro atoms. The maximum absolute atomic E-state index is 11.9. The highest BCUT2D eigenvalue weighted by Gasteiger charge is 2.25. The zero-order valence-electron chi connectivity index (χ0n) is 11.7. The summed E-state index contributed by atoms with van der Waals surface area (Å²) in [6.45, 7) is 0. The van der Waals surface area contributed by atoms with Crippen LogP contribution in [0, 0.1) is 0 Å². The number of carboxylic acids is 1. The molecule has 0 bridgehead atoms. The molecule has 1 heterocycles. The Bertz CT molecular complexity index is 853. The number of cyclic esters (lactones) is 1. The third-order valence-corrected chi connectivity index (χ3v) is 3.52. The number of aromatic carboxylic acids is 1. The summed E-state index contributed by atoms with van der Waals surface area (Å²) in [7, 11) is 0. The topological polar surface area (TPSA) is 76.0 Å². The van der Waals surface area contributed by atoms with E-state index in [1.807, 2.05) is 0 Å². The van der Waals surface area contributed by atoms with E-state index in [0.29, 0.717) is 16.1 Å². The van der Waals surface area contributed by atoms with Crippen molar-refractivity contribution in [3.05, 3.63) is 75.9 Å². The van der Waals surface area contributed by atoms with Crippen LogP contribution >= 0.6 is 11.6 Å². The molecule has 1 N–H and O–H groups in total. The van der Waals surface area contributed by atoms with E-state index in [4.69, 9.17) is 21.4 Å². The molecular formula is C17H10ClNO4. The van der Waals surface area contributed by atoms with Crippen LogP contribution in [0.2, 0.25) is 5.02 Å². The number of benzene rings is 2. The number of nitrogens with zero attached hydrogens (tertiary/aromatic N) is 1. The van der Waals surface area contributed by atoms with Gasteiger partial charge >= 0.3 is 11.9 Å². The van der Waals surface area contributed by atoms with Crippen LogP contribution in [0.4, 0.5) is 0 Å². The summed E-state index contributed by atoms with van der Waals surface area (Å²) in [5.74, 6) is -1.44. The van der Waals surface area contributed by atoms with Crippen molar-refractivity contribution in [3.63, 3.8) is 0 Å². The molecule has 1 aliphatic heterocycles. The average Bonchev–Trinajstić information content (AvgIpc) is 2.89. The van der Waals surface area contributed by atoms with Gasteiger partial charge in [0.1, 0.15) is 0 Å². The Labute approximate surface area is 136 Å². The second-order valence-corrected chi connectivity index (χ2v) is 5.15. The van der Waals surface area contributed by atoms with Crippen molar-refractivity contribution in [2.45, 2.75) is 0 Å². The fourth-order valence-corrected chi connectivity index (χ4v) is 2.26. The number of hydrogen-bond donors (Lipinski definition) is 1. The molecule has 0 aromatic heterocycles. The second-order valence-electron chi connectivity index (χ2n) is 4.74. The Morgan fingerprint density at radius 2 is 1.83 bits per heavy atom. The smallest absolute Gasteiger partial charge is 0.363 e. The quantitative estimate of drug-likeness (QED) is 0.692. The van der Waals surface area contributed by atoms with Crippen molar-refractivity contribution in [3.8, 4) is 0 Å². The summed E-state index contributed by atoms with van der Waals surface area (Å²) in [5, 5.41) is 9.30. The number of carbonyl (C=O) groups is 2. The van der Waals surface area contributed by atoms with Gasteiger partial charge in [0.2, 0.25) is 5.90 Å². The minimum absolute atomic E-state index is 0.128. The number of carbonyl (C=O) groups excluding carboxylic acids is 1. The minimum atomic E-state index is -1.01. The molecule has 0 unspecified atom stereocenters. The van der Waals surface area contributed by atoms with Crippen molar-refractivity contribution in [1.82, 2.24) is 0 Å². The normalized spacial score (nSPS) is 15.4. The van der Waals surface area contributed by atoms with Crippen LogP contribution in [0.1, 0.15) is 21.5 Å². The molecule has 6 heteroatoms. The molecule has 23 heavy (non-hydrogen) atoms. The van der Waals surface area contributed by atoms with Gasteiger partial charge in [-0.25, -0.2) is 14.6 Å². The van der Waals surface area contributed by atoms with E-state index in [2.05, 4.69) is 4.99 Å². The molecule has 0 saturated heterocycles. The molecule has 0 amide bonds. The van der Waals surface area contributed by atoms with E-state index < -0.39 is 11.9 Å². The second kappa shape index (κ2) is 6.06. The van der Waals surface area contributed by atoms with Gasteiger partial charge in [0.05, 0.1) is 16.1 Å². The SMILES string of the molecule is O=C1OC(c2ccccc2Cl)=NC1=Cc1ccc(C(=O)O)cc1. The van der Waals surface area contributed by atoms with Gasteiger partial charge in [-0.05, 0) is 35.9 Å². The van der Waals surface area contributed by atoms with Gasteiger partial charge in [-0.1, -0.05) is 35.9 Å². The van der Waals surface area contributed by atoms with Crippen LogP contribution in [0.25, 0.3) is 6.08 Å². The van der Waals surface area contributed by atoms with Gasteiger partial charge in [-0.3, -0.25) is 0 Å². The minimum Gasteiger partial charge on any atom is -0.478 e. The van der Waals surface area contributed by atoms with Gasteiger partial charge in [0, 0.05) is 0 Å². The summed E-state index contributed by atoms with van der Waals surface area (Å²) < 4.78 is 5.14. The highest BCUT2D eigenvalue weighted by molar-refractivity contribution is 6.34. The van der Waals surface area contributed by atoms with Crippen molar-refractivity contribution in [2.75, 3.05) is 0 Å². The van der Waals surface area contributed by atoms with Crippen LogP contribution < -0.4 is 0 Å². The number of halogens is 1. The number of esters is 1. The zero-order chi connectivity index (χ0) is 16.4. The van der Waals surface area contributed by atoms with Gasteiger partial charge in [-0.2, -0.15) is 0 Å². The molecule has 5 nitrogen and oxygen atoms in total. The number of ether oxygens (including phenoxy) is 1. The first-order valence-electron chi connectivity index (χ1n) is 6.65. The third-order valence-electron chi connectivity index (χ3n) is 3.19. The van der Waals surface area contributed by atoms with Gasteiger partial charge in [-0.15, -0.1) is 0 Å². The van der Waals surface area contributed by atoms with E-state index in [1.54, 1.807) is 36.4 Å². The molecule has 2 aromatic carbocycles. The fourth-order valence-electron chi connectivity index (χ4n) is 2.04. The molecule has 0 fully saturated rings. The maximum Gasteiger partial charge on any atom is 0.363 e. The first kappa shape index (κ1) is 15.0. The predicted octanol–water partition coefficient (Wildman–Crippen LogP) is 3.38. The molecule has 0 radical (unpaired) electrons. The molecule has 0 aliphatic carbocycles. The van der Waals surface area contributed by atoms with E-state index in [0.717, 1.165) is 0 Å². The number of carboxylic acid groups (broad SMARTS) is 1. The maximum atomic E-state index is 11.9. The van der Waals surface area contributed by atoms with Crippen molar-refractivity contribution in [2.24, 2.45) is 4.99 Å². The van der Waals surface area contributed by atoms with E-state index in [1.165, 1.54) is 18.2 Å². The summed E-state index contributed by atoms with van der Waals surface area (Å²) in [5.41, 5.74) is 1.47. The fraction of sp³-hybridized carbons (Fsp3) is 0. The van der Waals surface area contributed by atoms with E-state index >= 15 is 0 Å². The molecule has 0 saturated carbocycles. The van der Waals surface area contributed by atoms with Crippen molar-refractivity contribution >= 4 is 35.5 Å². The monoisotopic (exact) mass is 327 g/mol. The molecule has 0 atom stereocenters. The first-order chi connectivity index (χ1) is 11.0. The molecular weight excluding hydrogens is 318 g/mol.